The first-order valence-electron chi connectivity index (χ1n) is 10.1. The van der Waals surface area contributed by atoms with Crippen LogP contribution >= 0.6 is 0 Å². The van der Waals surface area contributed by atoms with Crippen LogP contribution in [0, 0.1) is 12.8 Å². The zero-order valence-corrected chi connectivity index (χ0v) is 16.6. The molecule has 2 aliphatic heterocycles. The van der Waals surface area contributed by atoms with Gasteiger partial charge in [-0.2, -0.15) is 0 Å². The van der Waals surface area contributed by atoms with Crippen molar-refractivity contribution in [3.05, 3.63) is 53.6 Å². The molecule has 1 atom stereocenters. The van der Waals surface area contributed by atoms with Gasteiger partial charge in [-0.1, -0.05) is 49.7 Å². The second-order valence-electron chi connectivity index (χ2n) is 8.23. The minimum Gasteiger partial charge on any atom is -0.381 e. The lowest BCUT2D eigenvalue weighted by atomic mass is 9.75. The summed E-state index contributed by atoms with van der Waals surface area (Å²) in [6.45, 7) is 8.61. The van der Waals surface area contributed by atoms with E-state index in [-0.39, 0.29) is 17.2 Å². The summed E-state index contributed by atoms with van der Waals surface area (Å²) in [5, 5.41) is 0. The largest absolute Gasteiger partial charge is 0.381 e. The van der Waals surface area contributed by atoms with Crippen LogP contribution < -0.4 is 4.90 Å². The van der Waals surface area contributed by atoms with Crippen molar-refractivity contribution < 1.29 is 9.53 Å². The van der Waals surface area contributed by atoms with Crippen molar-refractivity contribution in [2.24, 2.45) is 5.92 Å². The highest BCUT2D eigenvalue weighted by Crippen LogP contribution is 2.48. The van der Waals surface area contributed by atoms with Gasteiger partial charge in [-0.05, 0) is 55.0 Å². The Hall–Kier alpha value is -2.13. The molecule has 0 bridgehead atoms. The van der Waals surface area contributed by atoms with Crippen molar-refractivity contribution in [2.75, 3.05) is 24.7 Å². The fourth-order valence-electron chi connectivity index (χ4n) is 4.50. The molecule has 1 spiro atoms. The highest BCUT2D eigenvalue weighted by molar-refractivity contribution is 5.98. The Morgan fingerprint density at radius 2 is 1.89 bits per heavy atom. The molecule has 3 nitrogen and oxygen atoms in total. The summed E-state index contributed by atoms with van der Waals surface area (Å²) >= 11 is 0. The highest BCUT2D eigenvalue weighted by Gasteiger charge is 2.46. The maximum Gasteiger partial charge on any atom is 0.229 e. The molecule has 0 saturated carbocycles. The number of amides is 1. The van der Waals surface area contributed by atoms with Gasteiger partial charge in [0.05, 0.1) is 0 Å². The monoisotopic (exact) mass is 363 g/mol. The van der Waals surface area contributed by atoms with E-state index in [2.05, 4.69) is 61.2 Å². The van der Waals surface area contributed by atoms with Gasteiger partial charge < -0.3 is 9.64 Å². The first-order chi connectivity index (χ1) is 13.0. The molecule has 2 aliphatic rings. The second-order valence-corrected chi connectivity index (χ2v) is 8.23. The van der Waals surface area contributed by atoms with Crippen LogP contribution in [0.1, 0.15) is 44.2 Å². The molecule has 1 saturated heterocycles. The van der Waals surface area contributed by atoms with E-state index in [1.807, 2.05) is 6.92 Å². The molecule has 2 aromatic rings. The highest BCUT2D eigenvalue weighted by atomic mass is 16.5. The molecule has 1 fully saturated rings. The molecule has 0 aliphatic carbocycles. The molecule has 0 N–H and O–H groups in total. The number of hydrogen-bond donors (Lipinski definition) is 0. The van der Waals surface area contributed by atoms with Crippen molar-refractivity contribution >= 4 is 11.6 Å². The quantitative estimate of drug-likeness (QED) is 0.759. The van der Waals surface area contributed by atoms with Gasteiger partial charge in [0.2, 0.25) is 5.91 Å². The number of fused-ring (bicyclic) bond motifs is 2. The second kappa shape index (κ2) is 7.12. The van der Waals surface area contributed by atoms with Crippen LogP contribution in [0.15, 0.2) is 42.5 Å². The number of hydrogen-bond acceptors (Lipinski definition) is 2. The zero-order valence-electron chi connectivity index (χ0n) is 16.6. The molecule has 0 aromatic heterocycles. The maximum atomic E-state index is 13.1. The average Bonchev–Trinajstić information content (AvgIpc) is 3.00. The topological polar surface area (TPSA) is 29.5 Å². The van der Waals surface area contributed by atoms with E-state index in [0.29, 0.717) is 0 Å². The van der Waals surface area contributed by atoms with Crippen molar-refractivity contribution in [2.45, 2.75) is 45.4 Å². The summed E-state index contributed by atoms with van der Waals surface area (Å²) in [5.41, 5.74) is 6.23. The number of anilines is 1. The molecule has 1 amide bonds. The Bertz CT molecular complexity index is 851. The van der Waals surface area contributed by atoms with Gasteiger partial charge in [0.25, 0.3) is 0 Å². The predicted octanol–water partition coefficient (Wildman–Crippen LogP) is 5.10. The van der Waals surface area contributed by atoms with E-state index in [4.69, 9.17) is 4.74 Å². The zero-order chi connectivity index (χ0) is 19.0. The average molecular weight is 364 g/mol. The van der Waals surface area contributed by atoms with E-state index < -0.39 is 0 Å². The minimum absolute atomic E-state index is 0.0382. The smallest absolute Gasteiger partial charge is 0.229 e. The SMILES string of the molecule is CC[C@@H](C)C(=O)N1CC2(CCOCC2)c2cc(-c3cccc(C)c3)ccc21. The summed E-state index contributed by atoms with van der Waals surface area (Å²) in [6, 6.07) is 15.3. The lowest BCUT2D eigenvalue weighted by Crippen LogP contribution is -2.42. The standard InChI is InChI=1S/C24H29NO2/c1-4-18(3)23(26)25-16-24(10-12-27-13-11-24)21-15-20(8-9-22(21)25)19-7-5-6-17(2)14-19/h5-9,14-15,18H,4,10-13,16H2,1-3H3/t18-/m1/s1. The molecule has 0 unspecified atom stereocenters. The predicted molar refractivity (Wildman–Crippen MR) is 110 cm³/mol. The van der Waals surface area contributed by atoms with Crippen LogP contribution in [-0.4, -0.2) is 25.7 Å². The fraction of sp³-hybridized carbons (Fsp3) is 0.458. The number of benzene rings is 2. The van der Waals surface area contributed by atoms with Gasteiger partial charge >= 0.3 is 0 Å². The maximum absolute atomic E-state index is 13.1. The number of carbonyl (C=O) groups excluding carboxylic acids is 1. The third kappa shape index (κ3) is 3.19. The van der Waals surface area contributed by atoms with Crippen molar-refractivity contribution in [3.63, 3.8) is 0 Å². The molecule has 27 heavy (non-hydrogen) atoms. The Morgan fingerprint density at radius 1 is 1.15 bits per heavy atom. The minimum atomic E-state index is 0.0382. The fourth-order valence-corrected chi connectivity index (χ4v) is 4.50. The molecular formula is C24H29NO2. The van der Waals surface area contributed by atoms with Gasteiger partial charge in [0.1, 0.15) is 0 Å². The van der Waals surface area contributed by atoms with Crippen LogP contribution in [0.5, 0.6) is 0 Å². The van der Waals surface area contributed by atoms with Gasteiger partial charge in [0.15, 0.2) is 0 Å². The molecule has 142 valence electrons. The molecule has 0 radical (unpaired) electrons. The first-order valence-corrected chi connectivity index (χ1v) is 10.1. The van der Waals surface area contributed by atoms with E-state index in [1.54, 1.807) is 0 Å². The Labute approximate surface area is 162 Å². The summed E-state index contributed by atoms with van der Waals surface area (Å²) in [7, 11) is 0. The van der Waals surface area contributed by atoms with Crippen LogP contribution in [0.4, 0.5) is 5.69 Å². The lowest BCUT2D eigenvalue weighted by molar-refractivity contribution is -0.122. The molecule has 3 heteroatoms. The summed E-state index contributed by atoms with van der Waals surface area (Å²) < 4.78 is 5.66. The van der Waals surface area contributed by atoms with E-state index >= 15 is 0 Å². The lowest BCUT2D eigenvalue weighted by Gasteiger charge is -2.34. The number of ether oxygens (including phenoxy) is 1. The van der Waals surface area contributed by atoms with E-state index in [0.717, 1.165) is 44.7 Å². The van der Waals surface area contributed by atoms with Gasteiger partial charge in [-0.25, -0.2) is 0 Å². The van der Waals surface area contributed by atoms with Crippen LogP contribution in [0.25, 0.3) is 11.1 Å². The van der Waals surface area contributed by atoms with Crippen LogP contribution in [0.3, 0.4) is 0 Å². The van der Waals surface area contributed by atoms with Gasteiger partial charge in [-0.3, -0.25) is 4.79 Å². The first kappa shape index (κ1) is 18.2. The number of aryl methyl sites for hydroxylation is 1. The third-order valence-corrected chi connectivity index (χ3v) is 6.42. The summed E-state index contributed by atoms with van der Waals surface area (Å²) in [5.74, 6) is 0.315. The van der Waals surface area contributed by atoms with Crippen molar-refractivity contribution in [1.29, 1.82) is 0 Å². The molecular weight excluding hydrogens is 334 g/mol. The van der Waals surface area contributed by atoms with Crippen molar-refractivity contribution in [1.82, 2.24) is 0 Å². The normalized spacial score (nSPS) is 19.1. The van der Waals surface area contributed by atoms with E-state index in [1.165, 1.54) is 22.3 Å². The van der Waals surface area contributed by atoms with Crippen molar-refractivity contribution in [3.8, 4) is 11.1 Å². The van der Waals surface area contributed by atoms with Crippen LogP contribution in [-0.2, 0) is 14.9 Å². The summed E-state index contributed by atoms with van der Waals surface area (Å²) in [6.07, 6.45) is 2.85. The number of nitrogens with zero attached hydrogens (tertiary/aromatic N) is 1. The Balaban J connectivity index is 1.80. The Morgan fingerprint density at radius 3 is 2.59 bits per heavy atom. The molecule has 2 aromatic carbocycles. The van der Waals surface area contributed by atoms with Gasteiger partial charge in [0, 0.05) is 36.8 Å². The third-order valence-electron chi connectivity index (χ3n) is 6.42. The number of rotatable bonds is 3. The Kier molecular flexibility index (Phi) is 4.81. The van der Waals surface area contributed by atoms with Gasteiger partial charge in [-0.15, -0.1) is 0 Å². The summed E-state index contributed by atoms with van der Waals surface area (Å²) in [4.78, 5) is 15.1. The van der Waals surface area contributed by atoms with E-state index in [9.17, 15) is 4.79 Å². The molecule has 4 rings (SSSR count). The van der Waals surface area contributed by atoms with Crippen LogP contribution in [0.2, 0.25) is 0 Å². The molecule has 2 heterocycles. The number of carbonyl (C=O) groups is 1.